The first-order valence-electron chi connectivity index (χ1n) is 4.78. The third kappa shape index (κ3) is 1.21. The summed E-state index contributed by atoms with van der Waals surface area (Å²) in [6.45, 7) is 4.41. The van der Waals surface area contributed by atoms with Crippen LogP contribution in [-0.2, 0) is 11.3 Å². The van der Waals surface area contributed by atoms with Gasteiger partial charge in [-0.05, 0) is 25.0 Å². The number of fused-ring (bicyclic) bond motifs is 1. The number of carbonyl (C=O) groups excluding carboxylic acids is 1. The highest BCUT2D eigenvalue weighted by molar-refractivity contribution is 6.03. The molecule has 1 amide bonds. The SMILES string of the molecule is Cc1cc(CN)c2c(c1)C(C)C(=O)N2. The summed E-state index contributed by atoms with van der Waals surface area (Å²) in [7, 11) is 0. The fraction of sp³-hybridized carbons (Fsp3) is 0.364. The molecule has 0 aliphatic carbocycles. The Bertz CT molecular complexity index is 399. The summed E-state index contributed by atoms with van der Waals surface area (Å²) in [5.41, 5.74) is 9.82. The highest BCUT2D eigenvalue weighted by Gasteiger charge is 2.28. The number of amides is 1. The van der Waals surface area contributed by atoms with Gasteiger partial charge in [0, 0.05) is 12.2 Å². The van der Waals surface area contributed by atoms with Gasteiger partial charge in [0.15, 0.2) is 0 Å². The van der Waals surface area contributed by atoms with Gasteiger partial charge in [-0.1, -0.05) is 17.7 Å². The van der Waals surface area contributed by atoms with E-state index in [9.17, 15) is 4.79 Å². The number of aryl methyl sites for hydroxylation is 1. The first kappa shape index (κ1) is 9.21. The number of anilines is 1. The van der Waals surface area contributed by atoms with Gasteiger partial charge in [-0.3, -0.25) is 4.79 Å². The Morgan fingerprint density at radius 3 is 2.86 bits per heavy atom. The third-order valence-electron chi connectivity index (χ3n) is 2.72. The molecule has 0 aromatic heterocycles. The summed E-state index contributed by atoms with van der Waals surface area (Å²) >= 11 is 0. The number of nitrogens with one attached hydrogen (secondary N) is 1. The maximum atomic E-state index is 11.5. The van der Waals surface area contributed by atoms with Crippen LogP contribution in [0.3, 0.4) is 0 Å². The van der Waals surface area contributed by atoms with Crippen molar-refractivity contribution in [3.63, 3.8) is 0 Å². The molecule has 0 fully saturated rings. The van der Waals surface area contributed by atoms with Crippen molar-refractivity contribution >= 4 is 11.6 Å². The van der Waals surface area contributed by atoms with Gasteiger partial charge in [0.2, 0.25) is 5.91 Å². The Hall–Kier alpha value is -1.35. The van der Waals surface area contributed by atoms with Crippen molar-refractivity contribution in [1.82, 2.24) is 0 Å². The van der Waals surface area contributed by atoms with Gasteiger partial charge in [-0.2, -0.15) is 0 Å². The maximum Gasteiger partial charge on any atom is 0.231 e. The number of rotatable bonds is 1. The van der Waals surface area contributed by atoms with E-state index in [1.165, 1.54) is 0 Å². The molecule has 0 bridgehead atoms. The van der Waals surface area contributed by atoms with Crippen LogP contribution in [0.1, 0.15) is 29.5 Å². The Balaban J connectivity index is 2.61. The van der Waals surface area contributed by atoms with Crippen molar-refractivity contribution in [2.24, 2.45) is 5.73 Å². The number of nitrogens with two attached hydrogens (primary N) is 1. The molecule has 1 aromatic rings. The zero-order chi connectivity index (χ0) is 10.3. The number of benzene rings is 1. The molecule has 74 valence electrons. The minimum absolute atomic E-state index is 0.0461. The first-order valence-corrected chi connectivity index (χ1v) is 4.78. The van der Waals surface area contributed by atoms with Crippen molar-refractivity contribution in [3.8, 4) is 0 Å². The van der Waals surface area contributed by atoms with Crippen molar-refractivity contribution in [2.45, 2.75) is 26.3 Å². The molecular formula is C11H14N2O. The molecular weight excluding hydrogens is 176 g/mol. The molecule has 3 nitrogen and oxygen atoms in total. The summed E-state index contributed by atoms with van der Waals surface area (Å²) in [6.07, 6.45) is 0. The fourth-order valence-corrected chi connectivity index (χ4v) is 1.92. The molecule has 1 atom stereocenters. The van der Waals surface area contributed by atoms with Gasteiger partial charge < -0.3 is 11.1 Å². The van der Waals surface area contributed by atoms with E-state index in [-0.39, 0.29) is 11.8 Å². The molecule has 1 unspecified atom stereocenters. The average molecular weight is 190 g/mol. The summed E-state index contributed by atoms with van der Waals surface area (Å²) in [5, 5.41) is 2.87. The van der Waals surface area contributed by atoms with Crippen LogP contribution in [0.25, 0.3) is 0 Å². The number of carbonyl (C=O) groups is 1. The lowest BCUT2D eigenvalue weighted by Gasteiger charge is -2.08. The Morgan fingerprint density at radius 1 is 1.50 bits per heavy atom. The molecule has 0 spiro atoms. The molecule has 3 heteroatoms. The van der Waals surface area contributed by atoms with E-state index in [1.54, 1.807) is 0 Å². The maximum absolute atomic E-state index is 11.5. The summed E-state index contributed by atoms with van der Waals surface area (Å²) in [4.78, 5) is 11.5. The quantitative estimate of drug-likeness (QED) is 0.705. The highest BCUT2D eigenvalue weighted by Crippen LogP contribution is 2.35. The minimum atomic E-state index is -0.0461. The van der Waals surface area contributed by atoms with Crippen LogP contribution >= 0.6 is 0 Å². The lowest BCUT2D eigenvalue weighted by molar-refractivity contribution is -0.116. The first-order chi connectivity index (χ1) is 6.63. The average Bonchev–Trinajstić information content (AvgIpc) is 2.43. The van der Waals surface area contributed by atoms with Crippen molar-refractivity contribution in [1.29, 1.82) is 0 Å². The standard InChI is InChI=1S/C11H14N2O/c1-6-3-8(5-12)10-9(4-6)7(2)11(14)13-10/h3-4,7H,5,12H2,1-2H3,(H,13,14). The molecule has 1 aliphatic rings. The molecule has 1 aliphatic heterocycles. The van der Waals surface area contributed by atoms with E-state index >= 15 is 0 Å². The predicted molar refractivity (Wildman–Crippen MR) is 56.1 cm³/mol. The third-order valence-corrected chi connectivity index (χ3v) is 2.72. The Labute approximate surface area is 83.3 Å². The molecule has 2 rings (SSSR count). The highest BCUT2D eigenvalue weighted by atomic mass is 16.2. The molecule has 0 saturated heterocycles. The Kier molecular flexibility index (Phi) is 2.04. The fourth-order valence-electron chi connectivity index (χ4n) is 1.92. The van der Waals surface area contributed by atoms with Crippen molar-refractivity contribution < 1.29 is 4.79 Å². The van der Waals surface area contributed by atoms with Crippen LogP contribution in [0, 0.1) is 6.92 Å². The summed E-state index contributed by atoms with van der Waals surface area (Å²) < 4.78 is 0. The van der Waals surface area contributed by atoms with Gasteiger partial charge in [0.1, 0.15) is 0 Å². The molecule has 14 heavy (non-hydrogen) atoms. The monoisotopic (exact) mass is 190 g/mol. The number of hydrogen-bond donors (Lipinski definition) is 2. The molecule has 0 radical (unpaired) electrons. The zero-order valence-electron chi connectivity index (χ0n) is 8.42. The smallest absolute Gasteiger partial charge is 0.231 e. The van der Waals surface area contributed by atoms with Crippen molar-refractivity contribution in [3.05, 3.63) is 28.8 Å². The molecule has 0 saturated carbocycles. The largest absolute Gasteiger partial charge is 0.326 e. The van der Waals surface area contributed by atoms with E-state index in [4.69, 9.17) is 5.73 Å². The van der Waals surface area contributed by atoms with E-state index in [0.717, 1.165) is 22.4 Å². The van der Waals surface area contributed by atoms with Crippen LogP contribution in [-0.4, -0.2) is 5.91 Å². The summed E-state index contributed by atoms with van der Waals surface area (Å²) in [6, 6.07) is 4.08. The van der Waals surface area contributed by atoms with Gasteiger partial charge in [0.05, 0.1) is 5.92 Å². The van der Waals surface area contributed by atoms with Gasteiger partial charge >= 0.3 is 0 Å². The number of hydrogen-bond acceptors (Lipinski definition) is 2. The predicted octanol–water partition coefficient (Wildman–Crippen LogP) is 1.51. The van der Waals surface area contributed by atoms with Crippen LogP contribution < -0.4 is 11.1 Å². The Morgan fingerprint density at radius 2 is 2.21 bits per heavy atom. The lowest BCUT2D eigenvalue weighted by Crippen LogP contribution is -2.09. The topological polar surface area (TPSA) is 55.1 Å². The van der Waals surface area contributed by atoms with E-state index in [1.807, 2.05) is 19.9 Å². The lowest BCUT2D eigenvalue weighted by atomic mass is 9.98. The molecule has 1 heterocycles. The van der Waals surface area contributed by atoms with E-state index < -0.39 is 0 Å². The minimum Gasteiger partial charge on any atom is -0.326 e. The van der Waals surface area contributed by atoms with Gasteiger partial charge in [-0.15, -0.1) is 0 Å². The molecule has 1 aromatic carbocycles. The zero-order valence-corrected chi connectivity index (χ0v) is 8.42. The second-order valence-electron chi connectivity index (χ2n) is 3.80. The summed E-state index contributed by atoms with van der Waals surface area (Å²) in [5.74, 6) is 0.0236. The van der Waals surface area contributed by atoms with Crippen LogP contribution in [0.15, 0.2) is 12.1 Å². The van der Waals surface area contributed by atoms with Gasteiger partial charge in [0.25, 0.3) is 0 Å². The van der Waals surface area contributed by atoms with Crippen LogP contribution in [0.4, 0.5) is 5.69 Å². The molecule has 3 N–H and O–H groups in total. The van der Waals surface area contributed by atoms with Crippen molar-refractivity contribution in [2.75, 3.05) is 5.32 Å². The van der Waals surface area contributed by atoms with Crippen LogP contribution in [0.5, 0.6) is 0 Å². The van der Waals surface area contributed by atoms with E-state index in [0.29, 0.717) is 6.54 Å². The normalized spacial score (nSPS) is 19.4. The van der Waals surface area contributed by atoms with Gasteiger partial charge in [-0.25, -0.2) is 0 Å². The second-order valence-corrected chi connectivity index (χ2v) is 3.80. The second kappa shape index (κ2) is 3.10. The van der Waals surface area contributed by atoms with Crippen LogP contribution in [0.2, 0.25) is 0 Å². The van der Waals surface area contributed by atoms with E-state index in [2.05, 4.69) is 11.4 Å².